The van der Waals surface area contributed by atoms with Crippen molar-refractivity contribution < 1.29 is 9.90 Å². The maximum absolute atomic E-state index is 12.9. The summed E-state index contributed by atoms with van der Waals surface area (Å²) >= 11 is 5.96. The number of nitrogens with zero attached hydrogens (tertiary/aromatic N) is 2. The number of hydrogen-bond donors (Lipinski definition) is 1. The van der Waals surface area contributed by atoms with Gasteiger partial charge in [0.2, 0.25) is 5.91 Å². The summed E-state index contributed by atoms with van der Waals surface area (Å²) in [5.41, 5.74) is 2.44. The minimum Gasteiger partial charge on any atom is -0.373 e. The van der Waals surface area contributed by atoms with Crippen LogP contribution in [0.4, 0.5) is 0 Å². The Labute approximate surface area is 157 Å². The second-order valence-corrected chi connectivity index (χ2v) is 8.64. The number of aliphatic hydroxyl groups excluding tert-OH is 1. The Kier molecular flexibility index (Phi) is 3.47. The van der Waals surface area contributed by atoms with Crippen LogP contribution in [0.5, 0.6) is 0 Å². The molecule has 2 bridgehead atoms. The number of rotatable bonds is 3. The number of aromatic nitrogens is 1. The lowest BCUT2D eigenvalue weighted by molar-refractivity contribution is -0.225. The summed E-state index contributed by atoms with van der Waals surface area (Å²) < 4.78 is 0. The van der Waals surface area contributed by atoms with Crippen molar-refractivity contribution in [2.24, 2.45) is 0 Å². The van der Waals surface area contributed by atoms with E-state index in [2.05, 4.69) is 17.1 Å². The summed E-state index contributed by atoms with van der Waals surface area (Å²) in [6.07, 6.45) is 6.89. The van der Waals surface area contributed by atoms with Gasteiger partial charge in [0.05, 0.1) is 0 Å². The van der Waals surface area contributed by atoms with Gasteiger partial charge < -0.3 is 10.0 Å². The molecule has 26 heavy (non-hydrogen) atoms. The van der Waals surface area contributed by atoms with E-state index < -0.39 is 6.23 Å². The summed E-state index contributed by atoms with van der Waals surface area (Å²) in [5, 5.41) is 11.5. The van der Waals surface area contributed by atoms with Crippen LogP contribution < -0.4 is 0 Å². The highest BCUT2D eigenvalue weighted by Crippen LogP contribution is 2.71. The zero-order valence-electron chi connectivity index (χ0n) is 14.4. The molecule has 1 aliphatic heterocycles. The maximum atomic E-state index is 12.9. The highest BCUT2D eigenvalue weighted by molar-refractivity contribution is 6.30. The Hall–Kier alpha value is -1.91. The van der Waals surface area contributed by atoms with Crippen LogP contribution in [-0.2, 0) is 10.2 Å². The van der Waals surface area contributed by atoms with Crippen molar-refractivity contribution in [3.63, 3.8) is 0 Å². The van der Waals surface area contributed by atoms with Gasteiger partial charge >= 0.3 is 0 Å². The fourth-order valence-corrected chi connectivity index (χ4v) is 5.62. The lowest BCUT2D eigenvalue weighted by Gasteiger charge is -2.75. The molecule has 3 saturated carbocycles. The molecule has 3 aliphatic carbocycles. The first kappa shape index (κ1) is 16.3. The number of likely N-dealkylation sites (tertiary alicyclic amines) is 1. The molecule has 1 aromatic carbocycles. The first-order chi connectivity index (χ1) is 12.5. The van der Waals surface area contributed by atoms with Crippen LogP contribution in [0.2, 0.25) is 5.02 Å². The average molecular weight is 369 g/mol. The van der Waals surface area contributed by atoms with Crippen LogP contribution >= 0.6 is 11.6 Å². The van der Waals surface area contributed by atoms with Crippen molar-refractivity contribution in [2.75, 3.05) is 0 Å². The average Bonchev–Trinajstić information content (AvgIpc) is 2.56. The molecule has 1 N–H and O–H groups in total. The molecule has 0 unspecified atom stereocenters. The fourth-order valence-electron chi connectivity index (χ4n) is 5.49. The van der Waals surface area contributed by atoms with Gasteiger partial charge in [-0.1, -0.05) is 23.7 Å². The Morgan fingerprint density at radius 1 is 1.08 bits per heavy atom. The third-order valence-corrected chi connectivity index (χ3v) is 6.88. The highest BCUT2D eigenvalue weighted by atomic mass is 35.5. The number of halogens is 1. The van der Waals surface area contributed by atoms with E-state index in [0.29, 0.717) is 17.9 Å². The number of pyridine rings is 1. The van der Waals surface area contributed by atoms with Crippen molar-refractivity contribution in [1.82, 2.24) is 9.88 Å². The lowest BCUT2D eigenvalue weighted by atomic mass is 9.36. The lowest BCUT2D eigenvalue weighted by Crippen LogP contribution is -2.79. The fraction of sp³-hybridized carbons (Fsp3) is 0.429. The zero-order chi connectivity index (χ0) is 17.9. The molecular formula is C21H21ClN2O2. The summed E-state index contributed by atoms with van der Waals surface area (Å²) in [6, 6.07) is 11.8. The minimum absolute atomic E-state index is 0.0625. The summed E-state index contributed by atoms with van der Waals surface area (Å²) in [5.74, 6) is 0.138. The van der Waals surface area contributed by atoms with E-state index in [1.165, 1.54) is 5.56 Å². The summed E-state index contributed by atoms with van der Waals surface area (Å²) in [4.78, 5) is 18.8. The molecule has 4 aliphatic rings. The van der Waals surface area contributed by atoms with Crippen LogP contribution in [0.15, 0.2) is 48.8 Å². The van der Waals surface area contributed by atoms with Crippen LogP contribution in [0.3, 0.4) is 0 Å². The number of carbonyl (C=O) groups is 1. The molecule has 4 nitrogen and oxygen atoms in total. The molecule has 6 rings (SSSR count). The summed E-state index contributed by atoms with van der Waals surface area (Å²) in [6.45, 7) is 0. The predicted molar refractivity (Wildman–Crippen MR) is 98.8 cm³/mol. The van der Waals surface area contributed by atoms with Gasteiger partial charge in [0.25, 0.3) is 0 Å². The molecule has 4 fully saturated rings. The number of carbonyl (C=O) groups excluding carboxylic acids is 1. The van der Waals surface area contributed by atoms with Gasteiger partial charge in [-0.15, -0.1) is 0 Å². The van der Waals surface area contributed by atoms with Gasteiger partial charge in [-0.2, -0.15) is 0 Å². The van der Waals surface area contributed by atoms with Crippen molar-refractivity contribution >= 4 is 17.5 Å². The first-order valence-corrected chi connectivity index (χ1v) is 9.55. The molecular weight excluding hydrogens is 348 g/mol. The topological polar surface area (TPSA) is 53.4 Å². The Morgan fingerprint density at radius 2 is 1.73 bits per heavy atom. The van der Waals surface area contributed by atoms with Crippen molar-refractivity contribution in [2.45, 2.75) is 55.2 Å². The standard InChI is InChI=1S/C21H21ClN2O2/c22-17-3-1-14(2-4-17)15-9-18(25)24(19(26)10-15)21-11-20(12-21,13-21)16-5-7-23-8-6-16/h1-8,15,18,25H,9-13H2/t15-,18-,20?,21?/m1/s1. The second-order valence-electron chi connectivity index (χ2n) is 8.20. The van der Waals surface area contributed by atoms with Crippen LogP contribution in [0.1, 0.15) is 49.1 Å². The van der Waals surface area contributed by atoms with Crippen LogP contribution in [0, 0.1) is 0 Å². The number of hydrogen-bond acceptors (Lipinski definition) is 3. The van der Waals surface area contributed by atoms with Crippen LogP contribution in [-0.4, -0.2) is 32.7 Å². The third kappa shape index (κ3) is 2.25. The molecule has 134 valence electrons. The first-order valence-electron chi connectivity index (χ1n) is 9.18. The summed E-state index contributed by atoms with van der Waals surface area (Å²) in [7, 11) is 0. The minimum atomic E-state index is -0.701. The van der Waals surface area contributed by atoms with Crippen molar-refractivity contribution in [3.8, 4) is 0 Å². The normalized spacial score (nSPS) is 35.6. The van der Waals surface area contributed by atoms with Gasteiger partial charge in [-0.3, -0.25) is 9.78 Å². The molecule has 2 atom stereocenters. The largest absolute Gasteiger partial charge is 0.373 e. The quantitative estimate of drug-likeness (QED) is 0.900. The molecule has 2 aromatic rings. The maximum Gasteiger partial charge on any atom is 0.225 e. The molecule has 0 radical (unpaired) electrons. The van der Waals surface area contributed by atoms with E-state index in [1.807, 2.05) is 36.7 Å². The Balaban J connectivity index is 1.31. The smallest absolute Gasteiger partial charge is 0.225 e. The zero-order valence-corrected chi connectivity index (χ0v) is 15.2. The van der Waals surface area contributed by atoms with Gasteiger partial charge in [0.15, 0.2) is 0 Å². The van der Waals surface area contributed by atoms with E-state index in [0.717, 1.165) is 24.8 Å². The van der Waals surface area contributed by atoms with Gasteiger partial charge in [-0.25, -0.2) is 0 Å². The van der Waals surface area contributed by atoms with E-state index in [9.17, 15) is 9.90 Å². The molecule has 5 heteroatoms. The third-order valence-electron chi connectivity index (χ3n) is 6.63. The Bertz CT molecular complexity index is 832. The number of amides is 1. The van der Waals surface area contributed by atoms with Crippen molar-refractivity contribution in [3.05, 3.63) is 64.9 Å². The van der Waals surface area contributed by atoms with E-state index in [1.54, 1.807) is 4.90 Å². The van der Waals surface area contributed by atoms with E-state index >= 15 is 0 Å². The molecule has 0 spiro atoms. The van der Waals surface area contributed by atoms with Crippen molar-refractivity contribution in [1.29, 1.82) is 0 Å². The predicted octanol–water partition coefficient (Wildman–Crippen LogP) is 3.63. The monoisotopic (exact) mass is 368 g/mol. The Morgan fingerprint density at radius 3 is 2.35 bits per heavy atom. The number of piperidine rings is 1. The second kappa shape index (κ2) is 5.54. The molecule has 1 amide bonds. The molecule has 2 heterocycles. The highest BCUT2D eigenvalue weighted by Gasteiger charge is 2.72. The SMILES string of the molecule is O=C1C[C@H](c2ccc(Cl)cc2)C[C@@H](O)N1C12CC(c3ccncc3)(C1)C2. The number of benzene rings is 1. The molecule has 1 saturated heterocycles. The van der Waals surface area contributed by atoms with Gasteiger partial charge in [0, 0.05) is 34.8 Å². The van der Waals surface area contributed by atoms with E-state index in [4.69, 9.17) is 11.6 Å². The van der Waals surface area contributed by atoms with Crippen LogP contribution in [0.25, 0.3) is 0 Å². The molecule has 1 aromatic heterocycles. The van der Waals surface area contributed by atoms with Gasteiger partial charge in [-0.05, 0) is 67.0 Å². The van der Waals surface area contributed by atoms with Gasteiger partial charge in [0.1, 0.15) is 6.23 Å². The number of aliphatic hydroxyl groups is 1. The van der Waals surface area contributed by atoms with E-state index in [-0.39, 0.29) is 22.8 Å².